The summed E-state index contributed by atoms with van der Waals surface area (Å²) < 4.78 is 35.5. The minimum atomic E-state index is -4.45. The molecule has 3 nitrogen and oxygen atoms in total. The van der Waals surface area contributed by atoms with Crippen LogP contribution in [0, 0.1) is 5.92 Å². The van der Waals surface area contributed by atoms with Crippen LogP contribution in [0.4, 0.5) is 19.1 Å². The summed E-state index contributed by atoms with van der Waals surface area (Å²) in [6.07, 6.45) is -3.48. The molecule has 0 bridgehead atoms. The molecule has 0 aliphatic rings. The SMILES string of the molecule is CC(C)C.Nc1nccc(C(F)(F)F)n1. The molecule has 0 radical (unpaired) electrons. The van der Waals surface area contributed by atoms with Crippen LogP contribution in [0.25, 0.3) is 0 Å². The first-order valence-electron chi connectivity index (χ1n) is 4.39. The number of halogens is 3. The molecule has 15 heavy (non-hydrogen) atoms. The van der Waals surface area contributed by atoms with Crippen LogP contribution >= 0.6 is 0 Å². The largest absolute Gasteiger partial charge is 0.433 e. The summed E-state index contributed by atoms with van der Waals surface area (Å²) >= 11 is 0. The molecule has 0 spiro atoms. The third-order valence-electron chi connectivity index (χ3n) is 0.965. The number of alkyl halides is 3. The summed E-state index contributed by atoms with van der Waals surface area (Å²) in [6, 6.07) is 0.760. The lowest BCUT2D eigenvalue weighted by Crippen LogP contribution is -2.09. The van der Waals surface area contributed by atoms with Crippen LogP contribution in [0.3, 0.4) is 0 Å². The number of rotatable bonds is 0. The molecule has 1 aromatic heterocycles. The molecule has 6 heteroatoms. The second-order valence-electron chi connectivity index (χ2n) is 3.53. The zero-order valence-corrected chi connectivity index (χ0v) is 8.84. The van der Waals surface area contributed by atoms with Gasteiger partial charge >= 0.3 is 6.18 Å². The molecule has 0 aliphatic carbocycles. The molecule has 0 aromatic carbocycles. The highest BCUT2D eigenvalue weighted by molar-refractivity contribution is 5.18. The highest BCUT2D eigenvalue weighted by Gasteiger charge is 2.32. The molecule has 0 unspecified atom stereocenters. The van der Waals surface area contributed by atoms with Gasteiger partial charge in [0, 0.05) is 6.20 Å². The first kappa shape index (κ1) is 13.7. The Hall–Kier alpha value is -1.33. The Morgan fingerprint density at radius 1 is 1.27 bits per heavy atom. The van der Waals surface area contributed by atoms with Crippen molar-refractivity contribution in [3.05, 3.63) is 18.0 Å². The van der Waals surface area contributed by atoms with Gasteiger partial charge in [0.05, 0.1) is 0 Å². The van der Waals surface area contributed by atoms with Gasteiger partial charge in [-0.25, -0.2) is 9.97 Å². The van der Waals surface area contributed by atoms with Gasteiger partial charge in [-0.1, -0.05) is 20.8 Å². The van der Waals surface area contributed by atoms with E-state index in [0.717, 1.165) is 18.2 Å². The van der Waals surface area contributed by atoms with Crippen LogP contribution in [0.15, 0.2) is 12.3 Å². The van der Waals surface area contributed by atoms with Gasteiger partial charge in [-0.2, -0.15) is 13.2 Å². The molecule has 0 aliphatic heterocycles. The van der Waals surface area contributed by atoms with E-state index in [4.69, 9.17) is 5.73 Å². The molecule has 86 valence electrons. The minimum Gasteiger partial charge on any atom is -0.368 e. The van der Waals surface area contributed by atoms with Gasteiger partial charge in [-0.15, -0.1) is 0 Å². The summed E-state index contributed by atoms with van der Waals surface area (Å²) in [5.41, 5.74) is 3.91. The number of nitrogens with two attached hydrogens (primary N) is 1. The van der Waals surface area contributed by atoms with Crippen molar-refractivity contribution in [3.8, 4) is 0 Å². The molecule has 1 heterocycles. The van der Waals surface area contributed by atoms with E-state index in [1.54, 1.807) is 0 Å². The zero-order chi connectivity index (χ0) is 12.1. The van der Waals surface area contributed by atoms with Crippen molar-refractivity contribution < 1.29 is 13.2 Å². The number of hydrogen-bond donors (Lipinski definition) is 1. The fraction of sp³-hybridized carbons (Fsp3) is 0.556. The maximum Gasteiger partial charge on any atom is 0.433 e. The van der Waals surface area contributed by atoms with Gasteiger partial charge in [0.25, 0.3) is 0 Å². The first-order chi connectivity index (χ1) is 6.73. The average Bonchev–Trinajstić information content (AvgIpc) is 2.01. The van der Waals surface area contributed by atoms with Crippen LogP contribution in [-0.2, 0) is 6.18 Å². The van der Waals surface area contributed by atoms with Gasteiger partial charge in [-0.3, -0.25) is 0 Å². The van der Waals surface area contributed by atoms with Gasteiger partial charge in [-0.05, 0) is 12.0 Å². The molecular weight excluding hydrogens is 207 g/mol. The summed E-state index contributed by atoms with van der Waals surface area (Å²) in [7, 11) is 0. The third-order valence-corrected chi connectivity index (χ3v) is 0.965. The quantitative estimate of drug-likeness (QED) is 0.732. The fourth-order valence-corrected chi connectivity index (χ4v) is 0.532. The maximum atomic E-state index is 11.8. The smallest absolute Gasteiger partial charge is 0.368 e. The normalized spacial score (nSPS) is 10.9. The van der Waals surface area contributed by atoms with E-state index in [1.165, 1.54) is 0 Å². The molecule has 0 amide bonds. The highest BCUT2D eigenvalue weighted by atomic mass is 19.4. The summed E-state index contributed by atoms with van der Waals surface area (Å²) in [5.74, 6) is 0.458. The number of aromatic nitrogens is 2. The van der Waals surface area contributed by atoms with Crippen molar-refractivity contribution in [2.45, 2.75) is 26.9 Å². The zero-order valence-electron chi connectivity index (χ0n) is 8.84. The number of nitrogen functional groups attached to an aromatic ring is 1. The van der Waals surface area contributed by atoms with Gasteiger partial charge in [0.15, 0.2) is 0 Å². The Morgan fingerprint density at radius 3 is 2.00 bits per heavy atom. The van der Waals surface area contributed by atoms with E-state index in [0.29, 0.717) is 0 Å². The topological polar surface area (TPSA) is 51.8 Å². The van der Waals surface area contributed by atoms with E-state index >= 15 is 0 Å². The van der Waals surface area contributed by atoms with Crippen molar-refractivity contribution in [1.82, 2.24) is 9.97 Å². The first-order valence-corrected chi connectivity index (χ1v) is 4.39. The second kappa shape index (κ2) is 5.53. The maximum absolute atomic E-state index is 11.8. The lowest BCUT2D eigenvalue weighted by molar-refractivity contribution is -0.141. The molecule has 0 saturated carbocycles. The molecule has 0 fully saturated rings. The summed E-state index contributed by atoms with van der Waals surface area (Å²) in [6.45, 7) is 6.50. The van der Waals surface area contributed by atoms with E-state index in [9.17, 15) is 13.2 Å². The Bertz CT molecular complexity index is 294. The number of anilines is 1. The van der Waals surface area contributed by atoms with Crippen LogP contribution in [0.1, 0.15) is 26.5 Å². The third kappa shape index (κ3) is 6.70. The fourth-order valence-electron chi connectivity index (χ4n) is 0.532. The van der Waals surface area contributed by atoms with Crippen molar-refractivity contribution in [2.24, 2.45) is 5.92 Å². The van der Waals surface area contributed by atoms with E-state index < -0.39 is 11.9 Å². The van der Waals surface area contributed by atoms with E-state index in [1.807, 2.05) is 0 Å². The predicted molar refractivity (Wildman–Crippen MR) is 52.0 cm³/mol. The summed E-state index contributed by atoms with van der Waals surface area (Å²) in [5, 5.41) is 0. The molecule has 0 atom stereocenters. The molecular formula is C9H14F3N3. The van der Waals surface area contributed by atoms with E-state index in [-0.39, 0.29) is 5.95 Å². The minimum absolute atomic E-state index is 0.375. The van der Waals surface area contributed by atoms with Crippen molar-refractivity contribution >= 4 is 5.95 Å². The monoisotopic (exact) mass is 221 g/mol. The van der Waals surface area contributed by atoms with Gasteiger partial charge in [0.2, 0.25) is 5.95 Å². The molecule has 2 N–H and O–H groups in total. The molecule has 0 saturated heterocycles. The van der Waals surface area contributed by atoms with Gasteiger partial charge < -0.3 is 5.73 Å². The average molecular weight is 221 g/mol. The Balaban J connectivity index is 0.000000423. The lowest BCUT2D eigenvalue weighted by Gasteiger charge is -2.03. The number of hydrogen-bond acceptors (Lipinski definition) is 3. The Morgan fingerprint density at radius 2 is 1.73 bits per heavy atom. The molecule has 1 rings (SSSR count). The van der Waals surface area contributed by atoms with Crippen LogP contribution in [0.2, 0.25) is 0 Å². The second-order valence-corrected chi connectivity index (χ2v) is 3.53. The Labute approximate surface area is 86.5 Å². The van der Waals surface area contributed by atoms with Crippen molar-refractivity contribution in [3.63, 3.8) is 0 Å². The number of nitrogens with zero attached hydrogens (tertiary/aromatic N) is 2. The molecule has 1 aromatic rings. The van der Waals surface area contributed by atoms with Crippen molar-refractivity contribution in [2.75, 3.05) is 5.73 Å². The summed E-state index contributed by atoms with van der Waals surface area (Å²) in [4.78, 5) is 6.31. The Kier molecular flexibility index (Phi) is 5.04. The van der Waals surface area contributed by atoms with E-state index in [2.05, 4.69) is 30.7 Å². The predicted octanol–water partition coefficient (Wildman–Crippen LogP) is 2.74. The van der Waals surface area contributed by atoms with Crippen LogP contribution < -0.4 is 5.73 Å². The van der Waals surface area contributed by atoms with Crippen molar-refractivity contribution in [1.29, 1.82) is 0 Å². The van der Waals surface area contributed by atoms with Gasteiger partial charge in [0.1, 0.15) is 5.69 Å². The van der Waals surface area contributed by atoms with Crippen LogP contribution in [0.5, 0.6) is 0 Å². The standard InChI is InChI=1S/C5H4F3N3.C4H10/c6-5(7,8)3-1-2-10-4(9)11-3;1-4(2)3/h1-2H,(H2,9,10,11);4H,1-3H3. The van der Waals surface area contributed by atoms with Crippen LogP contribution in [-0.4, -0.2) is 9.97 Å². The highest BCUT2D eigenvalue weighted by Crippen LogP contribution is 2.26. The lowest BCUT2D eigenvalue weighted by atomic mass is 10.3.